The average molecular weight is 393 g/mol. The topological polar surface area (TPSA) is 54.6 Å². The van der Waals surface area contributed by atoms with Gasteiger partial charge in [-0.15, -0.1) is 0 Å². The molecule has 1 aromatic heterocycles. The van der Waals surface area contributed by atoms with Crippen LogP contribution in [0.25, 0.3) is 11.0 Å². The van der Waals surface area contributed by atoms with Gasteiger partial charge in [-0.05, 0) is 30.3 Å². The summed E-state index contributed by atoms with van der Waals surface area (Å²) in [6, 6.07) is 16.7. The quantitative estimate of drug-likeness (QED) is 0.673. The summed E-state index contributed by atoms with van der Waals surface area (Å²) in [4.78, 5) is 20.6. The lowest BCUT2D eigenvalue weighted by Gasteiger charge is -2.33. The number of carbonyl (C=O) groups is 1. The number of nitrogens with zero attached hydrogens (tertiary/aromatic N) is 3. The number of hydrogen-bond donors (Lipinski definition) is 2. The van der Waals surface area contributed by atoms with Crippen molar-refractivity contribution in [2.75, 3.05) is 42.9 Å². The largest absolute Gasteiger partial charge is 0.360 e. The van der Waals surface area contributed by atoms with Gasteiger partial charge in [0.2, 0.25) is 5.91 Å². The van der Waals surface area contributed by atoms with Crippen LogP contribution in [0.15, 0.2) is 48.5 Å². The number of carbonyl (C=O) groups excluding carboxylic acids is 1. The Morgan fingerprint density at radius 2 is 1.90 bits per heavy atom. The van der Waals surface area contributed by atoms with E-state index in [-0.39, 0.29) is 5.91 Å². The molecule has 1 amide bonds. The lowest BCUT2D eigenvalue weighted by molar-refractivity contribution is -0.900. The van der Waals surface area contributed by atoms with Gasteiger partial charge in [-0.25, -0.2) is 4.98 Å². The molecule has 0 saturated carbocycles. The van der Waals surface area contributed by atoms with Gasteiger partial charge in [0.1, 0.15) is 5.82 Å². The number of rotatable bonds is 6. The van der Waals surface area contributed by atoms with Crippen molar-refractivity contribution in [1.29, 1.82) is 0 Å². The van der Waals surface area contributed by atoms with Crippen molar-refractivity contribution in [3.63, 3.8) is 0 Å². The van der Waals surface area contributed by atoms with Gasteiger partial charge in [0.05, 0.1) is 50.2 Å². The van der Waals surface area contributed by atoms with Gasteiger partial charge >= 0.3 is 0 Å². The summed E-state index contributed by atoms with van der Waals surface area (Å²) < 4.78 is 2.18. The normalized spacial score (nSPS) is 15.0. The summed E-state index contributed by atoms with van der Waals surface area (Å²) in [7, 11) is 2.08. The molecule has 2 N–H and O–H groups in total. The highest BCUT2D eigenvalue weighted by Gasteiger charge is 2.20. The molecule has 0 unspecified atom stereocenters. The zero-order valence-electron chi connectivity index (χ0n) is 17.3. The molecule has 2 heterocycles. The molecule has 152 valence electrons. The van der Waals surface area contributed by atoms with Crippen molar-refractivity contribution in [2.45, 2.75) is 19.8 Å². The van der Waals surface area contributed by atoms with Gasteiger partial charge in [0, 0.05) is 24.8 Å². The molecule has 0 spiro atoms. The first-order valence-corrected chi connectivity index (χ1v) is 10.5. The van der Waals surface area contributed by atoms with Gasteiger partial charge in [-0.3, -0.25) is 4.79 Å². The van der Waals surface area contributed by atoms with Crippen LogP contribution in [-0.4, -0.2) is 48.2 Å². The molecule has 3 aromatic rings. The Kier molecular flexibility index (Phi) is 5.81. The molecular weight excluding hydrogens is 362 g/mol. The Balaban J connectivity index is 1.36. The third-order valence-electron chi connectivity index (χ3n) is 5.87. The number of quaternary nitrogens is 1. The second-order valence-corrected chi connectivity index (χ2v) is 7.76. The number of benzene rings is 2. The van der Waals surface area contributed by atoms with E-state index in [4.69, 9.17) is 4.98 Å². The number of anilines is 2. The number of aromatic nitrogens is 2. The zero-order valence-corrected chi connectivity index (χ0v) is 17.3. The molecule has 29 heavy (non-hydrogen) atoms. The predicted octanol–water partition coefficient (Wildman–Crippen LogP) is 1.87. The Morgan fingerprint density at radius 3 is 2.62 bits per heavy atom. The van der Waals surface area contributed by atoms with Crippen LogP contribution in [0, 0.1) is 0 Å². The van der Waals surface area contributed by atoms with Gasteiger partial charge in [0.25, 0.3) is 0 Å². The summed E-state index contributed by atoms with van der Waals surface area (Å²) in [5, 5.41) is 2.92. The molecule has 0 radical (unpaired) electrons. The van der Waals surface area contributed by atoms with Crippen LogP contribution in [0.5, 0.6) is 0 Å². The fourth-order valence-corrected chi connectivity index (χ4v) is 4.06. The summed E-state index contributed by atoms with van der Waals surface area (Å²) in [5.41, 5.74) is 4.20. The number of aryl methyl sites for hydroxylation is 1. The second kappa shape index (κ2) is 8.66. The minimum atomic E-state index is 0.0266. The van der Waals surface area contributed by atoms with Crippen LogP contribution in [0.2, 0.25) is 0 Å². The molecule has 6 nitrogen and oxygen atoms in total. The third kappa shape index (κ3) is 4.43. The van der Waals surface area contributed by atoms with Crippen molar-refractivity contribution in [1.82, 2.24) is 9.55 Å². The van der Waals surface area contributed by atoms with Crippen molar-refractivity contribution < 1.29 is 9.69 Å². The Bertz CT molecular complexity index is 974. The Morgan fingerprint density at radius 1 is 1.14 bits per heavy atom. The number of amides is 1. The maximum Gasteiger partial charge on any atom is 0.224 e. The summed E-state index contributed by atoms with van der Waals surface area (Å²) >= 11 is 0. The molecule has 0 bridgehead atoms. The zero-order chi connectivity index (χ0) is 20.2. The number of para-hydroxylation sites is 1. The first kappa shape index (κ1) is 19.5. The van der Waals surface area contributed by atoms with E-state index in [1.165, 1.54) is 5.69 Å². The average Bonchev–Trinajstić information content (AvgIpc) is 3.08. The molecule has 1 aliphatic rings. The fraction of sp³-hybridized carbons (Fsp3) is 0.391. The minimum absolute atomic E-state index is 0.0266. The standard InChI is InChI=1S/C23H29N5O/c1-3-23(29)24-18-9-10-21-20(17-18)25-22(26(21)2)11-12-27-13-15-28(16-14-27)19-7-5-4-6-8-19/h4-10,17H,3,11-16H2,1-2H3,(H,24,29)/p+1. The van der Waals surface area contributed by atoms with E-state index in [0.29, 0.717) is 6.42 Å². The van der Waals surface area contributed by atoms with Crippen molar-refractivity contribution in [3.8, 4) is 0 Å². The fourth-order valence-electron chi connectivity index (χ4n) is 4.06. The van der Waals surface area contributed by atoms with E-state index in [2.05, 4.69) is 52.2 Å². The van der Waals surface area contributed by atoms with Crippen LogP contribution in [0.1, 0.15) is 19.2 Å². The second-order valence-electron chi connectivity index (χ2n) is 7.76. The van der Waals surface area contributed by atoms with Crippen LogP contribution < -0.4 is 15.1 Å². The van der Waals surface area contributed by atoms with Crippen molar-refractivity contribution in [2.24, 2.45) is 7.05 Å². The molecule has 1 saturated heterocycles. The lowest BCUT2D eigenvalue weighted by Crippen LogP contribution is -3.15. The van der Waals surface area contributed by atoms with E-state index < -0.39 is 0 Å². The van der Waals surface area contributed by atoms with Crippen LogP contribution >= 0.6 is 0 Å². The number of fused-ring (bicyclic) bond motifs is 1. The smallest absolute Gasteiger partial charge is 0.224 e. The predicted molar refractivity (Wildman–Crippen MR) is 118 cm³/mol. The highest BCUT2D eigenvalue weighted by molar-refractivity contribution is 5.92. The van der Waals surface area contributed by atoms with Crippen LogP contribution in [-0.2, 0) is 18.3 Å². The van der Waals surface area contributed by atoms with E-state index in [1.807, 2.05) is 25.1 Å². The van der Waals surface area contributed by atoms with Gasteiger partial charge in [-0.1, -0.05) is 25.1 Å². The monoisotopic (exact) mass is 392 g/mol. The summed E-state index contributed by atoms with van der Waals surface area (Å²) in [6.07, 6.45) is 1.44. The van der Waals surface area contributed by atoms with Crippen molar-refractivity contribution >= 4 is 28.3 Å². The number of hydrogen-bond acceptors (Lipinski definition) is 3. The number of imidazole rings is 1. The highest BCUT2D eigenvalue weighted by Crippen LogP contribution is 2.20. The molecule has 1 aliphatic heterocycles. The van der Waals surface area contributed by atoms with Gasteiger partial charge in [0.15, 0.2) is 0 Å². The van der Waals surface area contributed by atoms with Crippen molar-refractivity contribution in [3.05, 3.63) is 54.4 Å². The first-order valence-electron chi connectivity index (χ1n) is 10.5. The summed E-state index contributed by atoms with van der Waals surface area (Å²) in [6.45, 7) is 7.47. The first-order chi connectivity index (χ1) is 14.1. The maximum atomic E-state index is 11.6. The summed E-state index contributed by atoms with van der Waals surface area (Å²) in [5.74, 6) is 1.13. The van der Waals surface area contributed by atoms with E-state index in [0.717, 1.165) is 61.7 Å². The SMILES string of the molecule is CCC(=O)Nc1ccc2c(c1)nc(CC[NH+]1CCN(c3ccccc3)CC1)n2C. The lowest BCUT2D eigenvalue weighted by atomic mass is 10.2. The highest BCUT2D eigenvalue weighted by atomic mass is 16.1. The molecule has 0 atom stereocenters. The Labute approximate surface area is 172 Å². The third-order valence-corrected chi connectivity index (χ3v) is 5.87. The molecule has 4 rings (SSSR count). The van der Waals surface area contributed by atoms with Crippen LogP contribution in [0.4, 0.5) is 11.4 Å². The van der Waals surface area contributed by atoms with Gasteiger partial charge < -0.3 is 19.7 Å². The Hall–Kier alpha value is -2.86. The van der Waals surface area contributed by atoms with E-state index in [9.17, 15) is 4.79 Å². The number of nitrogens with one attached hydrogen (secondary N) is 2. The number of piperazine rings is 1. The molecular formula is C23H30N5O+. The minimum Gasteiger partial charge on any atom is -0.360 e. The van der Waals surface area contributed by atoms with Gasteiger partial charge in [-0.2, -0.15) is 0 Å². The van der Waals surface area contributed by atoms with Crippen LogP contribution in [0.3, 0.4) is 0 Å². The molecule has 2 aromatic carbocycles. The van der Waals surface area contributed by atoms with E-state index in [1.54, 1.807) is 4.90 Å². The molecule has 0 aliphatic carbocycles. The van der Waals surface area contributed by atoms with E-state index >= 15 is 0 Å². The molecule has 6 heteroatoms. The maximum absolute atomic E-state index is 11.6. The molecule has 1 fully saturated rings.